The fourth-order valence-electron chi connectivity index (χ4n) is 2.39. The van der Waals surface area contributed by atoms with E-state index in [0.717, 1.165) is 23.6 Å². The second-order valence-corrected chi connectivity index (χ2v) is 5.66. The lowest BCUT2D eigenvalue weighted by Gasteiger charge is -2.25. The number of aryl methyl sites for hydroxylation is 2. The third-order valence-corrected chi connectivity index (χ3v) is 4.10. The second kappa shape index (κ2) is 5.19. The maximum absolute atomic E-state index is 6.02. The number of hydrogen-bond acceptors (Lipinski definition) is 4. The molecule has 1 fully saturated rings. The van der Waals surface area contributed by atoms with Gasteiger partial charge in [0.15, 0.2) is 0 Å². The van der Waals surface area contributed by atoms with Crippen LogP contribution in [-0.4, -0.2) is 11.8 Å². The zero-order valence-electron chi connectivity index (χ0n) is 12.0. The van der Waals surface area contributed by atoms with Crippen molar-refractivity contribution in [1.29, 1.82) is 0 Å². The smallest absolute Gasteiger partial charge is 0.222 e. The van der Waals surface area contributed by atoms with Gasteiger partial charge in [0.2, 0.25) is 5.88 Å². The van der Waals surface area contributed by atoms with Crippen LogP contribution >= 0.6 is 0 Å². The summed E-state index contributed by atoms with van der Waals surface area (Å²) < 4.78 is 11.0. The lowest BCUT2D eigenvalue weighted by Crippen LogP contribution is -2.19. The number of rotatable bonds is 4. The Morgan fingerprint density at radius 2 is 2.00 bits per heavy atom. The number of aromatic nitrogens is 1. The first-order valence-corrected chi connectivity index (χ1v) is 7.10. The van der Waals surface area contributed by atoms with Gasteiger partial charge in [-0.25, -0.2) is 0 Å². The molecule has 2 aromatic rings. The van der Waals surface area contributed by atoms with E-state index in [4.69, 9.17) is 15.0 Å². The van der Waals surface area contributed by atoms with E-state index in [0.29, 0.717) is 11.8 Å². The third-order valence-electron chi connectivity index (χ3n) is 4.10. The lowest BCUT2D eigenvalue weighted by molar-refractivity contribution is 0.181. The average Bonchev–Trinajstić information content (AvgIpc) is 2.78. The number of ether oxygens (including phenoxy) is 1. The van der Waals surface area contributed by atoms with Crippen LogP contribution in [0.1, 0.15) is 30.4 Å². The van der Waals surface area contributed by atoms with Crippen LogP contribution in [0.2, 0.25) is 0 Å². The van der Waals surface area contributed by atoms with Crippen LogP contribution in [0.25, 0.3) is 11.3 Å². The van der Waals surface area contributed by atoms with E-state index in [-0.39, 0.29) is 0 Å². The van der Waals surface area contributed by atoms with Gasteiger partial charge in [-0.2, -0.15) is 0 Å². The van der Waals surface area contributed by atoms with Crippen molar-refractivity contribution in [3.05, 3.63) is 29.3 Å². The van der Waals surface area contributed by atoms with Gasteiger partial charge in [0, 0.05) is 11.6 Å². The zero-order valence-corrected chi connectivity index (χ0v) is 12.0. The van der Waals surface area contributed by atoms with Crippen LogP contribution in [0.3, 0.4) is 0 Å². The summed E-state index contributed by atoms with van der Waals surface area (Å²) in [5.74, 6) is 1.89. The van der Waals surface area contributed by atoms with E-state index in [9.17, 15) is 0 Å². The Labute approximate surface area is 118 Å². The number of nitrogens with zero attached hydrogens (tertiary/aromatic N) is 1. The van der Waals surface area contributed by atoms with Crippen molar-refractivity contribution in [2.24, 2.45) is 5.92 Å². The highest BCUT2D eigenvalue weighted by atomic mass is 16.5. The molecule has 0 bridgehead atoms. The first kappa shape index (κ1) is 13.0. The van der Waals surface area contributed by atoms with Gasteiger partial charge in [-0.1, -0.05) is 11.6 Å². The van der Waals surface area contributed by atoms with Crippen LogP contribution in [-0.2, 0) is 0 Å². The molecule has 1 saturated carbocycles. The van der Waals surface area contributed by atoms with Gasteiger partial charge in [0.05, 0.1) is 6.61 Å². The highest BCUT2D eigenvalue weighted by molar-refractivity contribution is 5.70. The minimum Gasteiger partial charge on any atom is -0.493 e. The molecule has 4 heteroatoms. The summed E-state index contributed by atoms with van der Waals surface area (Å²) in [4.78, 5) is 0. The normalized spacial score (nSPS) is 15.1. The Bertz CT molecular complexity index is 615. The molecular formula is C16H20N2O2. The standard InChI is InChI=1S/C16H20N2O2/c1-10-6-13(14-8-16(17)20-18-14)15(7-11(10)2)19-9-12-4-3-5-12/h6-8,12H,3-5,9,17H2,1-2H3. The van der Waals surface area contributed by atoms with Crippen LogP contribution in [0.4, 0.5) is 5.88 Å². The molecule has 0 atom stereocenters. The molecule has 0 amide bonds. The molecule has 0 spiro atoms. The van der Waals surface area contributed by atoms with E-state index in [1.807, 2.05) is 0 Å². The Kier molecular flexibility index (Phi) is 3.38. The monoisotopic (exact) mass is 272 g/mol. The molecule has 1 heterocycles. The summed E-state index contributed by atoms with van der Waals surface area (Å²) in [6, 6.07) is 5.90. The van der Waals surface area contributed by atoms with Gasteiger partial charge in [0.1, 0.15) is 11.4 Å². The predicted molar refractivity (Wildman–Crippen MR) is 78.7 cm³/mol. The molecule has 106 valence electrons. The topological polar surface area (TPSA) is 61.3 Å². The summed E-state index contributed by atoms with van der Waals surface area (Å²) >= 11 is 0. The van der Waals surface area contributed by atoms with Gasteiger partial charge in [-0.15, -0.1) is 0 Å². The third kappa shape index (κ3) is 2.50. The van der Waals surface area contributed by atoms with Gasteiger partial charge < -0.3 is 15.0 Å². The maximum Gasteiger partial charge on any atom is 0.222 e. The average molecular weight is 272 g/mol. The van der Waals surface area contributed by atoms with Crippen LogP contribution in [0, 0.1) is 19.8 Å². The Balaban J connectivity index is 1.91. The number of nitrogen functional groups attached to an aromatic ring is 1. The summed E-state index contributed by atoms with van der Waals surface area (Å²) in [6.45, 7) is 4.95. The molecule has 1 aromatic heterocycles. The minimum absolute atomic E-state index is 0.322. The molecule has 1 aromatic carbocycles. The largest absolute Gasteiger partial charge is 0.493 e. The molecule has 3 rings (SSSR count). The van der Waals surface area contributed by atoms with Gasteiger partial charge in [-0.05, 0) is 55.9 Å². The molecule has 0 radical (unpaired) electrons. The number of anilines is 1. The fourth-order valence-corrected chi connectivity index (χ4v) is 2.39. The Morgan fingerprint density at radius 3 is 2.60 bits per heavy atom. The molecule has 1 aliphatic carbocycles. The molecular weight excluding hydrogens is 252 g/mol. The van der Waals surface area contributed by atoms with Gasteiger partial charge >= 0.3 is 0 Å². The summed E-state index contributed by atoms with van der Waals surface area (Å²) in [7, 11) is 0. The van der Waals surface area contributed by atoms with Crippen LogP contribution < -0.4 is 10.5 Å². The van der Waals surface area contributed by atoms with Crippen molar-refractivity contribution in [2.45, 2.75) is 33.1 Å². The molecule has 0 unspecified atom stereocenters. The van der Waals surface area contributed by atoms with E-state index < -0.39 is 0 Å². The van der Waals surface area contributed by atoms with Crippen molar-refractivity contribution >= 4 is 5.88 Å². The minimum atomic E-state index is 0.322. The molecule has 4 nitrogen and oxygen atoms in total. The van der Waals surface area contributed by atoms with Crippen molar-refractivity contribution in [3.8, 4) is 17.0 Å². The van der Waals surface area contributed by atoms with E-state index in [1.54, 1.807) is 6.07 Å². The molecule has 1 aliphatic rings. The van der Waals surface area contributed by atoms with Gasteiger partial charge in [-0.3, -0.25) is 0 Å². The molecule has 2 N–H and O–H groups in total. The van der Waals surface area contributed by atoms with Crippen LogP contribution in [0.5, 0.6) is 5.75 Å². The SMILES string of the molecule is Cc1cc(OCC2CCC2)c(-c2cc(N)on2)cc1C. The van der Waals surface area contributed by atoms with E-state index >= 15 is 0 Å². The summed E-state index contributed by atoms with van der Waals surface area (Å²) in [5.41, 5.74) is 9.72. The Hall–Kier alpha value is -1.97. The fraction of sp³-hybridized carbons (Fsp3) is 0.438. The zero-order chi connectivity index (χ0) is 14.1. The summed E-state index contributed by atoms with van der Waals surface area (Å²) in [6.07, 6.45) is 3.88. The molecule has 20 heavy (non-hydrogen) atoms. The Morgan fingerprint density at radius 1 is 1.25 bits per heavy atom. The number of hydrogen-bond donors (Lipinski definition) is 1. The number of nitrogens with two attached hydrogens (primary N) is 1. The first-order valence-electron chi connectivity index (χ1n) is 7.10. The summed E-state index contributed by atoms with van der Waals surface area (Å²) in [5, 5.41) is 4.00. The highest BCUT2D eigenvalue weighted by Gasteiger charge is 2.19. The van der Waals surface area contributed by atoms with Crippen molar-refractivity contribution in [3.63, 3.8) is 0 Å². The molecule has 0 saturated heterocycles. The molecule has 0 aliphatic heterocycles. The van der Waals surface area contributed by atoms with E-state index in [2.05, 4.69) is 31.1 Å². The second-order valence-electron chi connectivity index (χ2n) is 5.66. The quantitative estimate of drug-likeness (QED) is 0.921. The van der Waals surface area contributed by atoms with Crippen molar-refractivity contribution in [2.75, 3.05) is 12.3 Å². The predicted octanol–water partition coefficient (Wildman–Crippen LogP) is 3.72. The first-order chi connectivity index (χ1) is 9.63. The maximum atomic E-state index is 6.02. The number of benzene rings is 1. The van der Waals surface area contributed by atoms with Crippen molar-refractivity contribution < 1.29 is 9.26 Å². The highest BCUT2D eigenvalue weighted by Crippen LogP contribution is 2.34. The van der Waals surface area contributed by atoms with Crippen molar-refractivity contribution in [1.82, 2.24) is 5.16 Å². The van der Waals surface area contributed by atoms with Crippen LogP contribution in [0.15, 0.2) is 22.7 Å². The van der Waals surface area contributed by atoms with Gasteiger partial charge in [0.25, 0.3) is 0 Å². The van der Waals surface area contributed by atoms with E-state index in [1.165, 1.54) is 30.4 Å². The lowest BCUT2D eigenvalue weighted by atomic mass is 9.86.